The van der Waals surface area contributed by atoms with Crippen molar-refractivity contribution in [2.75, 3.05) is 6.54 Å². The first-order valence-corrected chi connectivity index (χ1v) is 12.0. The summed E-state index contributed by atoms with van der Waals surface area (Å²) in [6.07, 6.45) is 1.49. The van der Waals surface area contributed by atoms with Gasteiger partial charge in [0.05, 0.1) is 23.1 Å². The van der Waals surface area contributed by atoms with Gasteiger partial charge >= 0.3 is 0 Å². The molecule has 1 aliphatic rings. The van der Waals surface area contributed by atoms with Gasteiger partial charge in [-0.3, -0.25) is 4.79 Å². The van der Waals surface area contributed by atoms with Crippen molar-refractivity contribution in [3.63, 3.8) is 0 Å². The molecule has 0 amide bonds. The SMILES string of the molecule is Cc1cc(C(=O)CN(C2CC2)S(=O)(=O)c2ccc(C#N)cc2)c(C)n1Cc1ccccc1. The summed E-state index contributed by atoms with van der Waals surface area (Å²) in [5.41, 5.74) is 3.88. The zero-order valence-corrected chi connectivity index (χ0v) is 19.0. The van der Waals surface area contributed by atoms with Crippen LogP contribution >= 0.6 is 0 Å². The largest absolute Gasteiger partial charge is 0.344 e. The third-order valence-corrected chi connectivity index (χ3v) is 7.81. The normalized spacial score (nSPS) is 13.8. The third-order valence-electron chi connectivity index (χ3n) is 5.90. The van der Waals surface area contributed by atoms with Crippen LogP contribution in [-0.2, 0) is 16.6 Å². The van der Waals surface area contributed by atoms with Crippen LogP contribution in [0.5, 0.6) is 0 Å². The van der Waals surface area contributed by atoms with Gasteiger partial charge in [0.1, 0.15) is 0 Å². The molecule has 164 valence electrons. The van der Waals surface area contributed by atoms with Gasteiger partial charge in [-0.15, -0.1) is 0 Å². The number of hydrogen-bond donors (Lipinski definition) is 0. The van der Waals surface area contributed by atoms with Crippen LogP contribution < -0.4 is 0 Å². The van der Waals surface area contributed by atoms with E-state index in [0.717, 1.165) is 29.8 Å². The van der Waals surface area contributed by atoms with E-state index in [1.165, 1.54) is 28.6 Å². The van der Waals surface area contributed by atoms with Gasteiger partial charge in [-0.1, -0.05) is 30.3 Å². The van der Waals surface area contributed by atoms with Crippen LogP contribution in [0.3, 0.4) is 0 Å². The number of aryl methyl sites for hydroxylation is 1. The number of aromatic nitrogens is 1. The van der Waals surface area contributed by atoms with Gasteiger partial charge < -0.3 is 4.57 Å². The molecule has 4 rings (SSSR count). The highest BCUT2D eigenvalue weighted by Gasteiger charge is 2.39. The third kappa shape index (κ3) is 4.38. The fourth-order valence-electron chi connectivity index (χ4n) is 3.93. The fraction of sp³-hybridized carbons (Fsp3) is 0.280. The smallest absolute Gasteiger partial charge is 0.243 e. The van der Waals surface area contributed by atoms with Crippen molar-refractivity contribution in [1.82, 2.24) is 8.87 Å². The summed E-state index contributed by atoms with van der Waals surface area (Å²) in [6.45, 7) is 4.32. The van der Waals surface area contributed by atoms with Crippen molar-refractivity contribution in [3.05, 3.63) is 88.7 Å². The van der Waals surface area contributed by atoms with Gasteiger partial charge in [-0.05, 0) is 62.6 Å². The summed E-state index contributed by atoms with van der Waals surface area (Å²) in [5.74, 6) is -0.207. The number of nitriles is 1. The van der Waals surface area contributed by atoms with Crippen molar-refractivity contribution in [1.29, 1.82) is 5.26 Å². The minimum Gasteiger partial charge on any atom is -0.344 e. The summed E-state index contributed by atoms with van der Waals surface area (Å²) in [5, 5.41) is 8.97. The Balaban J connectivity index is 1.59. The van der Waals surface area contributed by atoms with Gasteiger partial charge in [0, 0.05) is 29.5 Å². The summed E-state index contributed by atoms with van der Waals surface area (Å²) in [6, 6.07) is 19.5. The van der Waals surface area contributed by atoms with Crippen LogP contribution in [0.4, 0.5) is 0 Å². The molecule has 0 aliphatic heterocycles. The maximum atomic E-state index is 13.3. The molecule has 3 aromatic rings. The van der Waals surface area contributed by atoms with Gasteiger partial charge in [0.15, 0.2) is 5.78 Å². The van der Waals surface area contributed by atoms with Crippen LogP contribution in [-0.4, -0.2) is 35.7 Å². The lowest BCUT2D eigenvalue weighted by Crippen LogP contribution is -2.37. The van der Waals surface area contributed by atoms with E-state index in [0.29, 0.717) is 17.7 Å². The maximum absolute atomic E-state index is 13.3. The second-order valence-electron chi connectivity index (χ2n) is 8.20. The van der Waals surface area contributed by atoms with Crippen molar-refractivity contribution >= 4 is 15.8 Å². The molecular formula is C25H25N3O3S. The molecule has 32 heavy (non-hydrogen) atoms. The van der Waals surface area contributed by atoms with E-state index >= 15 is 0 Å². The first kappa shape index (κ1) is 22.0. The van der Waals surface area contributed by atoms with Gasteiger partial charge in [0.25, 0.3) is 0 Å². The molecule has 0 atom stereocenters. The monoisotopic (exact) mass is 447 g/mol. The Bertz CT molecular complexity index is 1280. The van der Waals surface area contributed by atoms with Gasteiger partial charge in [-0.25, -0.2) is 8.42 Å². The lowest BCUT2D eigenvalue weighted by molar-refractivity contribution is 0.0963. The van der Waals surface area contributed by atoms with Crippen LogP contribution in [0.1, 0.15) is 45.7 Å². The van der Waals surface area contributed by atoms with Crippen molar-refractivity contribution in [2.24, 2.45) is 0 Å². The Kier molecular flexibility index (Phi) is 6.00. The minimum atomic E-state index is -3.83. The lowest BCUT2D eigenvalue weighted by atomic mass is 10.1. The number of Topliss-reactive ketones (excluding diaryl/α,β-unsaturated/α-hetero) is 1. The second-order valence-corrected chi connectivity index (χ2v) is 10.1. The van der Waals surface area contributed by atoms with Crippen molar-refractivity contribution < 1.29 is 13.2 Å². The highest BCUT2D eigenvalue weighted by atomic mass is 32.2. The van der Waals surface area contributed by atoms with E-state index in [-0.39, 0.29) is 23.3 Å². The Morgan fingerprint density at radius 2 is 1.75 bits per heavy atom. The first-order chi connectivity index (χ1) is 15.3. The Morgan fingerprint density at radius 3 is 2.34 bits per heavy atom. The Labute approximate surface area is 188 Å². The Hall–Kier alpha value is -3.21. The highest BCUT2D eigenvalue weighted by molar-refractivity contribution is 7.89. The molecule has 0 bridgehead atoms. The van der Waals surface area contributed by atoms with Gasteiger partial charge in [0.2, 0.25) is 10.0 Å². The standard InChI is InChI=1S/C25H25N3O3S/c1-18-14-24(19(2)27(18)16-21-6-4-3-5-7-21)25(29)17-28(22-10-11-22)32(30,31)23-12-8-20(15-26)9-13-23/h3-9,12-14,22H,10-11,16-17H2,1-2H3. The van der Waals surface area contributed by atoms with Crippen molar-refractivity contribution in [2.45, 2.75) is 44.2 Å². The number of hydrogen-bond acceptors (Lipinski definition) is 4. The maximum Gasteiger partial charge on any atom is 0.243 e. The van der Waals surface area contributed by atoms with E-state index in [4.69, 9.17) is 5.26 Å². The summed E-state index contributed by atoms with van der Waals surface area (Å²) < 4.78 is 29.9. The predicted molar refractivity (Wildman–Crippen MR) is 122 cm³/mol. The molecule has 1 saturated carbocycles. The molecule has 0 saturated heterocycles. The number of carbonyl (C=O) groups is 1. The zero-order valence-electron chi connectivity index (χ0n) is 18.2. The van der Waals surface area contributed by atoms with E-state index in [9.17, 15) is 13.2 Å². The van der Waals surface area contributed by atoms with Crippen molar-refractivity contribution in [3.8, 4) is 6.07 Å². The molecule has 0 radical (unpaired) electrons. The van der Waals surface area contributed by atoms with E-state index in [2.05, 4.69) is 4.57 Å². The number of rotatable bonds is 8. The quantitative estimate of drug-likeness (QED) is 0.488. The van der Waals surface area contributed by atoms with E-state index < -0.39 is 10.0 Å². The molecule has 1 heterocycles. The predicted octanol–water partition coefficient (Wildman–Crippen LogP) is 4.06. The van der Waals surface area contributed by atoms with Crippen LogP contribution in [0.15, 0.2) is 65.6 Å². The number of sulfonamides is 1. The van der Waals surface area contributed by atoms with E-state index in [1.807, 2.05) is 56.3 Å². The number of carbonyl (C=O) groups excluding carboxylic acids is 1. The fourth-order valence-corrected chi connectivity index (χ4v) is 5.57. The van der Waals surface area contributed by atoms with E-state index in [1.54, 1.807) is 0 Å². The average Bonchev–Trinajstić information content (AvgIpc) is 3.60. The van der Waals surface area contributed by atoms with Crippen LogP contribution in [0, 0.1) is 25.2 Å². The molecule has 0 N–H and O–H groups in total. The lowest BCUT2D eigenvalue weighted by Gasteiger charge is -2.21. The molecule has 1 aromatic heterocycles. The molecular weight excluding hydrogens is 422 g/mol. The molecule has 6 nitrogen and oxygen atoms in total. The van der Waals surface area contributed by atoms with Crippen LogP contribution in [0.25, 0.3) is 0 Å². The molecule has 1 aliphatic carbocycles. The summed E-state index contributed by atoms with van der Waals surface area (Å²) >= 11 is 0. The Morgan fingerprint density at radius 1 is 1.09 bits per heavy atom. The first-order valence-electron chi connectivity index (χ1n) is 10.6. The molecule has 0 spiro atoms. The molecule has 7 heteroatoms. The topological polar surface area (TPSA) is 83.2 Å². The average molecular weight is 448 g/mol. The van der Waals surface area contributed by atoms with Gasteiger partial charge in [-0.2, -0.15) is 9.57 Å². The second kappa shape index (κ2) is 8.73. The molecule has 1 fully saturated rings. The van der Waals surface area contributed by atoms with Crippen LogP contribution in [0.2, 0.25) is 0 Å². The molecule has 0 unspecified atom stereocenters. The minimum absolute atomic E-state index is 0.103. The molecule has 2 aromatic carbocycles. The zero-order chi connectivity index (χ0) is 22.9. The number of nitrogens with zero attached hydrogens (tertiary/aromatic N) is 3. The summed E-state index contributed by atoms with van der Waals surface area (Å²) in [4.78, 5) is 13.3. The highest BCUT2D eigenvalue weighted by Crippen LogP contribution is 2.32. The number of ketones is 1. The number of benzene rings is 2. The summed E-state index contributed by atoms with van der Waals surface area (Å²) in [7, 11) is -3.83.